The summed E-state index contributed by atoms with van der Waals surface area (Å²) in [5.74, 6) is -2.44. The topological polar surface area (TPSA) is 101 Å². The molecule has 0 fully saturated rings. The Balaban J connectivity index is 2.85. The molecule has 4 N–H and O–H groups in total. The van der Waals surface area contributed by atoms with E-state index in [-0.39, 0.29) is 22.4 Å². The van der Waals surface area contributed by atoms with Crippen LogP contribution in [-0.4, -0.2) is 22.2 Å². The Hall–Kier alpha value is -2.82. The van der Waals surface area contributed by atoms with Gasteiger partial charge in [-0.1, -0.05) is 30.3 Å². The van der Waals surface area contributed by atoms with E-state index in [4.69, 9.17) is 5.73 Å². The Morgan fingerprint density at radius 3 is 2.05 bits per heavy atom. The molecule has 0 unspecified atom stereocenters. The van der Waals surface area contributed by atoms with Crippen molar-refractivity contribution in [2.45, 2.75) is 0 Å². The second kappa shape index (κ2) is 4.81. The van der Waals surface area contributed by atoms with Gasteiger partial charge < -0.3 is 15.9 Å². The fraction of sp³-hybridized carbons (Fsp3) is 0. The van der Waals surface area contributed by atoms with E-state index in [0.717, 1.165) is 0 Å². The largest absolute Gasteiger partial charge is 0.478 e. The van der Waals surface area contributed by atoms with Gasteiger partial charge in [0.2, 0.25) is 0 Å². The lowest BCUT2D eigenvalue weighted by molar-refractivity contribution is 0.0696. The molecule has 0 saturated heterocycles. The minimum atomic E-state index is -1.25. The van der Waals surface area contributed by atoms with Crippen LogP contribution in [-0.2, 0) is 0 Å². The summed E-state index contributed by atoms with van der Waals surface area (Å²) in [6.45, 7) is 0. The first kappa shape index (κ1) is 12.6. The number of nitrogens with two attached hydrogens (primary N) is 1. The van der Waals surface area contributed by atoms with E-state index in [2.05, 4.69) is 0 Å². The van der Waals surface area contributed by atoms with Crippen LogP contribution in [0.3, 0.4) is 0 Å². The number of hydrogen-bond donors (Lipinski definition) is 3. The van der Waals surface area contributed by atoms with Gasteiger partial charge in [-0.2, -0.15) is 0 Å². The third-order valence-corrected chi connectivity index (χ3v) is 2.74. The Labute approximate surface area is 108 Å². The summed E-state index contributed by atoms with van der Waals surface area (Å²) >= 11 is 0. The molecule has 0 atom stereocenters. The fourth-order valence-electron chi connectivity index (χ4n) is 1.93. The van der Waals surface area contributed by atoms with E-state index in [1.165, 1.54) is 12.1 Å². The molecule has 0 bridgehead atoms. The van der Waals surface area contributed by atoms with Gasteiger partial charge in [-0.3, -0.25) is 0 Å². The first-order chi connectivity index (χ1) is 9.02. The Morgan fingerprint density at radius 2 is 1.53 bits per heavy atom. The highest BCUT2D eigenvalue weighted by atomic mass is 16.4. The van der Waals surface area contributed by atoms with E-state index in [9.17, 15) is 19.8 Å². The zero-order valence-electron chi connectivity index (χ0n) is 9.83. The molecule has 0 aromatic heterocycles. The van der Waals surface area contributed by atoms with Crippen molar-refractivity contribution in [3.63, 3.8) is 0 Å². The summed E-state index contributed by atoms with van der Waals surface area (Å²) in [4.78, 5) is 22.6. The number of benzene rings is 2. The number of carboxylic acid groups (broad SMARTS) is 2. The van der Waals surface area contributed by atoms with Gasteiger partial charge in [0.25, 0.3) is 0 Å². The minimum Gasteiger partial charge on any atom is -0.478 e. The average molecular weight is 257 g/mol. The van der Waals surface area contributed by atoms with Crippen LogP contribution >= 0.6 is 0 Å². The quantitative estimate of drug-likeness (QED) is 0.732. The van der Waals surface area contributed by atoms with Gasteiger partial charge in [0, 0.05) is 11.3 Å². The number of carbonyl (C=O) groups is 2. The molecule has 0 aliphatic rings. The van der Waals surface area contributed by atoms with Gasteiger partial charge in [0.1, 0.15) is 0 Å². The maximum atomic E-state index is 11.3. The molecule has 0 spiro atoms. The van der Waals surface area contributed by atoms with Crippen LogP contribution in [0.2, 0.25) is 0 Å². The number of rotatable bonds is 3. The van der Waals surface area contributed by atoms with Crippen LogP contribution in [0, 0.1) is 0 Å². The van der Waals surface area contributed by atoms with Crippen molar-refractivity contribution in [3.05, 3.63) is 53.6 Å². The number of hydrogen-bond acceptors (Lipinski definition) is 3. The Bertz CT molecular complexity index is 650. The molecule has 5 nitrogen and oxygen atoms in total. The standard InChI is InChI=1S/C14H11NO4/c15-10-7-6-9(13(16)17)11(12(10)14(18)19)8-4-2-1-3-5-8/h1-7H,15H2,(H,16,17)(H,18,19). The van der Waals surface area contributed by atoms with Crippen molar-refractivity contribution in [2.24, 2.45) is 0 Å². The van der Waals surface area contributed by atoms with Gasteiger partial charge in [0.15, 0.2) is 0 Å². The SMILES string of the molecule is Nc1ccc(C(=O)O)c(-c2ccccc2)c1C(=O)O. The van der Waals surface area contributed by atoms with Gasteiger partial charge in [0.05, 0.1) is 11.1 Å². The monoisotopic (exact) mass is 257 g/mol. The highest BCUT2D eigenvalue weighted by Crippen LogP contribution is 2.31. The summed E-state index contributed by atoms with van der Waals surface area (Å²) in [7, 11) is 0. The third-order valence-electron chi connectivity index (χ3n) is 2.74. The van der Waals surface area contributed by atoms with E-state index in [0.29, 0.717) is 5.56 Å². The van der Waals surface area contributed by atoms with Crippen molar-refractivity contribution in [1.82, 2.24) is 0 Å². The van der Waals surface area contributed by atoms with Crippen molar-refractivity contribution >= 4 is 17.6 Å². The van der Waals surface area contributed by atoms with Crippen molar-refractivity contribution in [3.8, 4) is 11.1 Å². The maximum Gasteiger partial charge on any atom is 0.338 e. The Morgan fingerprint density at radius 1 is 0.895 bits per heavy atom. The van der Waals surface area contributed by atoms with Crippen molar-refractivity contribution in [1.29, 1.82) is 0 Å². The van der Waals surface area contributed by atoms with Crippen molar-refractivity contribution in [2.75, 3.05) is 5.73 Å². The summed E-state index contributed by atoms with van der Waals surface area (Å²) in [6, 6.07) is 11.1. The molecule has 0 aliphatic heterocycles. The zero-order chi connectivity index (χ0) is 14.0. The highest BCUT2D eigenvalue weighted by molar-refractivity contribution is 6.08. The van der Waals surface area contributed by atoms with E-state index < -0.39 is 11.9 Å². The summed E-state index contributed by atoms with van der Waals surface area (Å²) in [5.41, 5.74) is 6.05. The molecule has 2 aromatic rings. The predicted molar refractivity (Wildman–Crippen MR) is 70.2 cm³/mol. The van der Waals surface area contributed by atoms with Gasteiger partial charge in [-0.05, 0) is 17.7 Å². The van der Waals surface area contributed by atoms with Crippen LogP contribution in [0.5, 0.6) is 0 Å². The van der Waals surface area contributed by atoms with Crippen LogP contribution in [0.15, 0.2) is 42.5 Å². The summed E-state index contributed by atoms with van der Waals surface area (Å²) < 4.78 is 0. The molecule has 0 amide bonds. The molecule has 19 heavy (non-hydrogen) atoms. The highest BCUT2D eigenvalue weighted by Gasteiger charge is 2.22. The third kappa shape index (κ3) is 2.26. The lowest BCUT2D eigenvalue weighted by atomic mass is 9.93. The van der Waals surface area contributed by atoms with Gasteiger partial charge >= 0.3 is 11.9 Å². The first-order valence-electron chi connectivity index (χ1n) is 5.47. The predicted octanol–water partition coefficient (Wildman–Crippen LogP) is 2.33. The van der Waals surface area contributed by atoms with Crippen LogP contribution < -0.4 is 5.73 Å². The summed E-state index contributed by atoms with van der Waals surface area (Å²) in [6.07, 6.45) is 0. The first-order valence-corrected chi connectivity index (χ1v) is 5.47. The second-order valence-corrected chi connectivity index (χ2v) is 3.93. The molecule has 96 valence electrons. The normalized spacial score (nSPS) is 10.1. The number of carboxylic acids is 2. The van der Waals surface area contributed by atoms with Crippen LogP contribution in [0.4, 0.5) is 5.69 Å². The van der Waals surface area contributed by atoms with Crippen molar-refractivity contribution < 1.29 is 19.8 Å². The van der Waals surface area contributed by atoms with E-state index in [1.54, 1.807) is 30.3 Å². The van der Waals surface area contributed by atoms with E-state index in [1.807, 2.05) is 0 Å². The molecule has 0 heterocycles. The molecule has 5 heteroatoms. The molecule has 0 saturated carbocycles. The van der Waals surface area contributed by atoms with E-state index >= 15 is 0 Å². The number of aromatic carboxylic acids is 2. The summed E-state index contributed by atoms with van der Waals surface area (Å²) in [5, 5.41) is 18.4. The molecule has 2 aromatic carbocycles. The smallest absolute Gasteiger partial charge is 0.338 e. The molecular formula is C14H11NO4. The molecule has 0 radical (unpaired) electrons. The van der Waals surface area contributed by atoms with Gasteiger partial charge in [-0.15, -0.1) is 0 Å². The zero-order valence-corrected chi connectivity index (χ0v) is 9.83. The Kier molecular flexibility index (Phi) is 3.20. The van der Waals surface area contributed by atoms with Gasteiger partial charge in [-0.25, -0.2) is 9.59 Å². The molecule has 2 rings (SSSR count). The number of anilines is 1. The molecule has 0 aliphatic carbocycles. The molecular weight excluding hydrogens is 246 g/mol. The average Bonchev–Trinajstić information content (AvgIpc) is 2.38. The lowest BCUT2D eigenvalue weighted by Crippen LogP contribution is -2.10. The van der Waals surface area contributed by atoms with Crippen LogP contribution in [0.1, 0.15) is 20.7 Å². The second-order valence-electron chi connectivity index (χ2n) is 3.93. The fourth-order valence-corrected chi connectivity index (χ4v) is 1.93. The minimum absolute atomic E-state index is 0.0383. The lowest BCUT2D eigenvalue weighted by Gasteiger charge is -2.12. The van der Waals surface area contributed by atoms with Crippen LogP contribution in [0.25, 0.3) is 11.1 Å². The maximum absolute atomic E-state index is 11.3. The number of nitrogen functional groups attached to an aromatic ring is 1.